The summed E-state index contributed by atoms with van der Waals surface area (Å²) in [4.78, 5) is 0. The van der Waals surface area contributed by atoms with E-state index in [1.54, 1.807) is 0 Å². The molecule has 1 saturated carbocycles. The molecular formula is C12H19NO3S. The number of hydrogen-bond acceptors (Lipinski definition) is 3. The zero-order valence-corrected chi connectivity index (χ0v) is 10.9. The Kier molecular flexibility index (Phi) is 3.58. The van der Waals surface area contributed by atoms with Crippen LogP contribution in [0.4, 0.5) is 0 Å². The van der Waals surface area contributed by atoms with Crippen molar-refractivity contribution in [3.63, 3.8) is 0 Å². The van der Waals surface area contributed by atoms with E-state index in [1.807, 2.05) is 23.0 Å². The predicted octanol–water partition coefficient (Wildman–Crippen LogP) is 1.37. The number of aliphatic hydroxyl groups is 1. The zero-order chi connectivity index (χ0) is 12.5. The topological polar surface area (TPSA) is 59.3 Å². The fourth-order valence-corrected chi connectivity index (χ4v) is 2.62. The SMILES string of the molecule is CS(=O)(=O)CCCn1ccc(C(O)C2CC2)c1. The first-order valence-corrected chi connectivity index (χ1v) is 8.03. The van der Waals surface area contributed by atoms with Crippen molar-refractivity contribution in [1.29, 1.82) is 0 Å². The molecule has 1 aliphatic carbocycles. The van der Waals surface area contributed by atoms with Crippen molar-refractivity contribution in [3.8, 4) is 0 Å². The van der Waals surface area contributed by atoms with Crippen LogP contribution in [-0.2, 0) is 16.4 Å². The van der Waals surface area contributed by atoms with Gasteiger partial charge < -0.3 is 9.67 Å². The van der Waals surface area contributed by atoms with Gasteiger partial charge in [0.2, 0.25) is 0 Å². The summed E-state index contributed by atoms with van der Waals surface area (Å²) in [6, 6.07) is 1.92. The fourth-order valence-electron chi connectivity index (χ4n) is 1.97. The Labute approximate surface area is 102 Å². The Balaban J connectivity index is 1.85. The number of aliphatic hydroxyl groups excluding tert-OH is 1. The second-order valence-electron chi connectivity index (χ2n) is 4.95. The molecule has 0 spiro atoms. The lowest BCUT2D eigenvalue weighted by Gasteiger charge is -2.06. The molecule has 0 saturated heterocycles. The van der Waals surface area contributed by atoms with E-state index >= 15 is 0 Å². The van der Waals surface area contributed by atoms with Crippen molar-refractivity contribution in [2.75, 3.05) is 12.0 Å². The van der Waals surface area contributed by atoms with E-state index in [4.69, 9.17) is 0 Å². The maximum atomic E-state index is 11.0. The third-order valence-electron chi connectivity index (χ3n) is 3.11. The largest absolute Gasteiger partial charge is 0.388 e. The molecule has 0 aromatic carbocycles. The molecule has 1 unspecified atom stereocenters. The molecule has 1 fully saturated rings. The van der Waals surface area contributed by atoms with Crippen LogP contribution < -0.4 is 0 Å². The van der Waals surface area contributed by atoms with E-state index in [0.717, 1.165) is 18.4 Å². The molecule has 96 valence electrons. The molecule has 1 atom stereocenters. The highest BCUT2D eigenvalue weighted by Crippen LogP contribution is 2.40. The summed E-state index contributed by atoms with van der Waals surface area (Å²) in [7, 11) is -2.87. The average Bonchev–Trinajstić information content (AvgIpc) is 2.96. The van der Waals surface area contributed by atoms with Gasteiger partial charge in [-0.3, -0.25) is 0 Å². The standard InChI is InChI=1S/C12H19NO3S/c1-17(15,16)8-2-6-13-7-5-11(9-13)12(14)10-3-4-10/h5,7,9-10,12,14H,2-4,6,8H2,1H3. The highest BCUT2D eigenvalue weighted by molar-refractivity contribution is 7.90. The lowest BCUT2D eigenvalue weighted by molar-refractivity contribution is 0.154. The van der Waals surface area contributed by atoms with Crippen LogP contribution in [-0.4, -0.2) is 30.1 Å². The minimum absolute atomic E-state index is 0.214. The van der Waals surface area contributed by atoms with Gasteiger partial charge in [0.25, 0.3) is 0 Å². The van der Waals surface area contributed by atoms with Crippen molar-refractivity contribution < 1.29 is 13.5 Å². The third-order valence-corrected chi connectivity index (χ3v) is 4.15. The van der Waals surface area contributed by atoms with Crippen molar-refractivity contribution in [2.45, 2.75) is 31.9 Å². The smallest absolute Gasteiger partial charge is 0.147 e. The molecule has 5 heteroatoms. The van der Waals surface area contributed by atoms with Gasteiger partial charge in [-0.1, -0.05) is 0 Å². The summed E-state index contributed by atoms with van der Waals surface area (Å²) in [5.74, 6) is 0.646. The van der Waals surface area contributed by atoms with Gasteiger partial charge in [0.05, 0.1) is 11.9 Å². The zero-order valence-electron chi connectivity index (χ0n) is 10.0. The molecule has 0 aliphatic heterocycles. The Morgan fingerprint density at radius 3 is 2.82 bits per heavy atom. The summed E-state index contributed by atoms with van der Waals surface area (Å²) in [5, 5.41) is 9.92. The maximum absolute atomic E-state index is 11.0. The van der Waals surface area contributed by atoms with E-state index < -0.39 is 9.84 Å². The molecule has 0 radical (unpaired) electrons. The monoisotopic (exact) mass is 257 g/mol. The molecule has 2 rings (SSSR count). The van der Waals surface area contributed by atoms with Crippen LogP contribution in [0.3, 0.4) is 0 Å². The summed E-state index contributed by atoms with van der Waals surface area (Å²) in [6.45, 7) is 0.685. The van der Waals surface area contributed by atoms with E-state index in [1.165, 1.54) is 6.26 Å². The first-order chi connectivity index (χ1) is 7.96. The normalized spacial score (nSPS) is 18.2. The maximum Gasteiger partial charge on any atom is 0.147 e. The summed E-state index contributed by atoms with van der Waals surface area (Å²) in [6.07, 6.45) is 7.58. The van der Waals surface area contributed by atoms with Gasteiger partial charge in [0.15, 0.2) is 0 Å². The second-order valence-corrected chi connectivity index (χ2v) is 7.21. The minimum Gasteiger partial charge on any atom is -0.388 e. The van der Waals surface area contributed by atoms with Crippen LogP contribution in [0.15, 0.2) is 18.5 Å². The van der Waals surface area contributed by atoms with Gasteiger partial charge in [-0.15, -0.1) is 0 Å². The molecule has 1 N–H and O–H groups in total. The van der Waals surface area contributed by atoms with Crippen LogP contribution in [0.1, 0.15) is 30.9 Å². The van der Waals surface area contributed by atoms with Crippen LogP contribution in [0.2, 0.25) is 0 Å². The van der Waals surface area contributed by atoms with Crippen molar-refractivity contribution >= 4 is 9.84 Å². The number of aromatic nitrogens is 1. The highest BCUT2D eigenvalue weighted by Gasteiger charge is 2.31. The molecule has 0 amide bonds. The minimum atomic E-state index is -2.87. The molecular weight excluding hydrogens is 238 g/mol. The van der Waals surface area contributed by atoms with E-state index in [-0.39, 0.29) is 11.9 Å². The summed E-state index contributed by atoms with van der Waals surface area (Å²) in [5.41, 5.74) is 0.951. The fraction of sp³-hybridized carbons (Fsp3) is 0.667. The highest BCUT2D eigenvalue weighted by atomic mass is 32.2. The second kappa shape index (κ2) is 4.82. The number of sulfone groups is 1. The molecule has 1 aliphatic rings. The molecule has 0 bridgehead atoms. The molecule has 1 aromatic heterocycles. The van der Waals surface area contributed by atoms with Crippen LogP contribution in [0, 0.1) is 5.92 Å². The van der Waals surface area contributed by atoms with Crippen LogP contribution >= 0.6 is 0 Å². The first-order valence-electron chi connectivity index (χ1n) is 5.97. The number of nitrogens with zero attached hydrogens (tertiary/aromatic N) is 1. The number of hydrogen-bond donors (Lipinski definition) is 1. The van der Waals surface area contributed by atoms with Crippen LogP contribution in [0.25, 0.3) is 0 Å². The Morgan fingerprint density at radius 2 is 2.24 bits per heavy atom. The quantitative estimate of drug-likeness (QED) is 0.837. The van der Waals surface area contributed by atoms with E-state index in [2.05, 4.69) is 0 Å². The number of aryl methyl sites for hydroxylation is 1. The number of rotatable bonds is 6. The first kappa shape index (κ1) is 12.6. The molecule has 4 nitrogen and oxygen atoms in total. The lowest BCUT2D eigenvalue weighted by atomic mass is 10.1. The predicted molar refractivity (Wildman–Crippen MR) is 66.4 cm³/mol. The summed E-state index contributed by atoms with van der Waals surface area (Å²) < 4.78 is 23.9. The molecule has 1 aromatic rings. The summed E-state index contributed by atoms with van der Waals surface area (Å²) >= 11 is 0. The molecule has 17 heavy (non-hydrogen) atoms. The van der Waals surface area contributed by atoms with Crippen LogP contribution in [0.5, 0.6) is 0 Å². The van der Waals surface area contributed by atoms with Gasteiger partial charge >= 0.3 is 0 Å². The van der Waals surface area contributed by atoms with Gasteiger partial charge in [0.1, 0.15) is 9.84 Å². The van der Waals surface area contributed by atoms with Crippen molar-refractivity contribution in [2.24, 2.45) is 5.92 Å². The molecule has 1 heterocycles. The van der Waals surface area contributed by atoms with Crippen molar-refractivity contribution in [3.05, 3.63) is 24.0 Å². The van der Waals surface area contributed by atoms with E-state index in [9.17, 15) is 13.5 Å². The Hall–Kier alpha value is -0.810. The lowest BCUT2D eigenvalue weighted by Crippen LogP contribution is -2.06. The van der Waals surface area contributed by atoms with Gasteiger partial charge in [0, 0.05) is 25.2 Å². The third kappa shape index (κ3) is 3.85. The van der Waals surface area contributed by atoms with Gasteiger partial charge in [-0.05, 0) is 36.8 Å². The van der Waals surface area contributed by atoms with Crippen molar-refractivity contribution in [1.82, 2.24) is 4.57 Å². The van der Waals surface area contributed by atoms with Gasteiger partial charge in [-0.25, -0.2) is 8.42 Å². The van der Waals surface area contributed by atoms with E-state index in [0.29, 0.717) is 18.9 Å². The Morgan fingerprint density at radius 1 is 1.53 bits per heavy atom. The average molecular weight is 257 g/mol. The van der Waals surface area contributed by atoms with Gasteiger partial charge in [-0.2, -0.15) is 0 Å². The Bertz CT molecular complexity index is 474.